The van der Waals surface area contributed by atoms with E-state index in [1.165, 1.54) is 18.0 Å². The monoisotopic (exact) mass is 434 g/mol. The van der Waals surface area contributed by atoms with Crippen LogP contribution in [-0.2, 0) is 9.59 Å². The van der Waals surface area contributed by atoms with Crippen LogP contribution < -0.4 is 10.6 Å². The molecule has 1 unspecified atom stereocenters. The number of amidine groups is 1. The maximum Gasteiger partial charge on any atom is 0.240 e. The average molecular weight is 435 g/mol. The summed E-state index contributed by atoms with van der Waals surface area (Å²) in [5.41, 5.74) is 2.52. The third-order valence-corrected chi connectivity index (χ3v) is 5.59. The lowest BCUT2D eigenvalue weighted by atomic mass is 10.2. The third kappa shape index (κ3) is 5.58. The summed E-state index contributed by atoms with van der Waals surface area (Å²) >= 11 is 13.0. The minimum absolute atomic E-state index is 0.0416. The van der Waals surface area contributed by atoms with Crippen LogP contribution >= 0.6 is 35.0 Å². The number of nitrogens with zero attached hydrogens (tertiary/aromatic N) is 2. The van der Waals surface area contributed by atoms with E-state index in [1.807, 2.05) is 31.2 Å². The summed E-state index contributed by atoms with van der Waals surface area (Å²) < 4.78 is 0. The highest BCUT2D eigenvalue weighted by Gasteiger charge is 2.32. The first-order valence-electron chi connectivity index (χ1n) is 8.31. The largest absolute Gasteiger partial charge is 0.326 e. The van der Waals surface area contributed by atoms with Gasteiger partial charge in [-0.3, -0.25) is 9.59 Å². The fourth-order valence-electron chi connectivity index (χ4n) is 2.34. The molecule has 1 aliphatic heterocycles. The molecule has 28 heavy (non-hydrogen) atoms. The molecule has 1 aliphatic rings. The number of anilines is 1. The van der Waals surface area contributed by atoms with Crippen molar-refractivity contribution in [1.82, 2.24) is 5.32 Å². The summed E-state index contributed by atoms with van der Waals surface area (Å²) in [6.45, 7) is 1.97. The lowest BCUT2D eigenvalue weighted by Gasteiger charge is -2.07. The molecule has 1 atom stereocenters. The molecular formula is C19H16Cl2N4O2S. The summed E-state index contributed by atoms with van der Waals surface area (Å²) in [7, 11) is 0. The molecule has 2 aromatic rings. The Morgan fingerprint density at radius 2 is 1.96 bits per heavy atom. The van der Waals surface area contributed by atoms with Gasteiger partial charge in [0.2, 0.25) is 11.8 Å². The molecule has 0 spiro atoms. The molecule has 2 N–H and O–H groups in total. The number of carbonyl (C=O) groups excluding carboxylic acids is 2. The van der Waals surface area contributed by atoms with Crippen molar-refractivity contribution in [3.8, 4) is 0 Å². The Hall–Kier alpha value is -2.35. The van der Waals surface area contributed by atoms with Crippen LogP contribution in [0.4, 0.5) is 5.69 Å². The Labute approximate surface area is 176 Å². The van der Waals surface area contributed by atoms with E-state index in [4.69, 9.17) is 23.2 Å². The fourth-order valence-corrected chi connectivity index (χ4v) is 3.58. The highest BCUT2D eigenvalue weighted by Crippen LogP contribution is 2.24. The van der Waals surface area contributed by atoms with Crippen molar-refractivity contribution < 1.29 is 9.59 Å². The summed E-state index contributed by atoms with van der Waals surface area (Å²) in [4.78, 5) is 24.2. The normalized spacial score (nSPS) is 17.9. The molecule has 0 bridgehead atoms. The van der Waals surface area contributed by atoms with E-state index < -0.39 is 5.25 Å². The second-order valence-corrected chi connectivity index (χ2v) is 8.04. The number of rotatable bonds is 5. The molecule has 1 saturated heterocycles. The fraction of sp³-hybridized carbons (Fsp3) is 0.158. The lowest BCUT2D eigenvalue weighted by Crippen LogP contribution is -2.28. The quantitative estimate of drug-likeness (QED) is 0.544. The third-order valence-electron chi connectivity index (χ3n) is 3.78. The molecule has 0 radical (unpaired) electrons. The number of thioether (sulfide) groups is 1. The Bertz CT molecular complexity index is 961. The van der Waals surface area contributed by atoms with Gasteiger partial charge >= 0.3 is 0 Å². The molecule has 2 aromatic carbocycles. The Kier molecular flexibility index (Phi) is 6.72. The minimum Gasteiger partial charge on any atom is -0.326 e. The van der Waals surface area contributed by atoms with Gasteiger partial charge in [-0.2, -0.15) is 5.10 Å². The molecule has 3 rings (SSSR count). The van der Waals surface area contributed by atoms with Crippen LogP contribution in [0.15, 0.2) is 52.7 Å². The van der Waals surface area contributed by atoms with E-state index in [0.717, 1.165) is 11.1 Å². The average Bonchev–Trinajstić information content (AvgIpc) is 2.99. The van der Waals surface area contributed by atoms with Crippen LogP contribution in [0.5, 0.6) is 0 Å². The van der Waals surface area contributed by atoms with Gasteiger partial charge in [0.1, 0.15) is 5.25 Å². The summed E-state index contributed by atoms with van der Waals surface area (Å²) in [6, 6.07) is 12.5. The number of amides is 2. The van der Waals surface area contributed by atoms with Crippen LogP contribution in [0.1, 0.15) is 17.5 Å². The van der Waals surface area contributed by atoms with Crippen LogP contribution in [-0.4, -0.2) is 28.4 Å². The molecule has 1 fully saturated rings. The van der Waals surface area contributed by atoms with Crippen LogP contribution in [0.2, 0.25) is 10.0 Å². The molecule has 9 heteroatoms. The van der Waals surface area contributed by atoms with Gasteiger partial charge in [0, 0.05) is 12.1 Å². The number of halogens is 2. The first-order valence-corrected chi connectivity index (χ1v) is 9.94. The number of benzene rings is 2. The summed E-state index contributed by atoms with van der Waals surface area (Å²) in [5.74, 6) is -0.510. The van der Waals surface area contributed by atoms with Crippen LogP contribution in [0.25, 0.3) is 0 Å². The second kappa shape index (κ2) is 9.23. The Morgan fingerprint density at radius 3 is 2.68 bits per heavy atom. The van der Waals surface area contributed by atoms with Crippen LogP contribution in [0.3, 0.4) is 0 Å². The lowest BCUT2D eigenvalue weighted by molar-refractivity contribution is -0.122. The van der Waals surface area contributed by atoms with Gasteiger partial charge in [0.05, 0.1) is 16.3 Å². The van der Waals surface area contributed by atoms with Crippen molar-refractivity contribution in [1.29, 1.82) is 0 Å². The minimum atomic E-state index is -0.552. The zero-order valence-corrected chi connectivity index (χ0v) is 17.1. The first-order chi connectivity index (χ1) is 13.4. The van der Waals surface area contributed by atoms with Gasteiger partial charge in [-0.25, -0.2) is 0 Å². The maximum absolute atomic E-state index is 12.2. The molecule has 0 aromatic heterocycles. The van der Waals surface area contributed by atoms with E-state index in [0.29, 0.717) is 20.9 Å². The first kappa shape index (κ1) is 20.4. The molecule has 0 aliphatic carbocycles. The predicted molar refractivity (Wildman–Crippen MR) is 115 cm³/mol. The summed E-state index contributed by atoms with van der Waals surface area (Å²) in [5, 5.41) is 14.0. The second-order valence-electron chi connectivity index (χ2n) is 6.04. The molecule has 6 nitrogen and oxygen atoms in total. The van der Waals surface area contributed by atoms with Crippen LogP contribution in [0, 0.1) is 6.92 Å². The van der Waals surface area contributed by atoms with E-state index in [2.05, 4.69) is 20.8 Å². The zero-order valence-electron chi connectivity index (χ0n) is 14.8. The molecule has 2 amide bonds. The van der Waals surface area contributed by atoms with Crippen molar-refractivity contribution in [3.05, 3.63) is 63.6 Å². The SMILES string of the molecule is Cc1ccc(NC(=O)CC2S/C(=N/N=C/c3ccc(Cl)c(Cl)c3)NC2=O)cc1. The van der Waals surface area contributed by atoms with Crippen molar-refractivity contribution in [2.75, 3.05) is 5.32 Å². The van der Waals surface area contributed by atoms with Crippen molar-refractivity contribution in [3.63, 3.8) is 0 Å². The van der Waals surface area contributed by atoms with Gasteiger partial charge in [-0.1, -0.05) is 58.7 Å². The van der Waals surface area contributed by atoms with Gasteiger partial charge in [-0.15, -0.1) is 5.10 Å². The standard InChI is InChI=1S/C19H16Cl2N4O2S/c1-11-2-5-13(6-3-11)23-17(26)9-16-18(27)24-19(28-16)25-22-10-12-4-7-14(20)15(21)8-12/h2-8,10,16H,9H2,1H3,(H,23,26)(H,24,25,27)/b22-10+. The highest BCUT2D eigenvalue weighted by molar-refractivity contribution is 8.15. The predicted octanol–water partition coefficient (Wildman–Crippen LogP) is 4.25. The van der Waals surface area contributed by atoms with Crippen molar-refractivity contribution in [2.45, 2.75) is 18.6 Å². The van der Waals surface area contributed by atoms with Gasteiger partial charge in [0.25, 0.3) is 0 Å². The van der Waals surface area contributed by atoms with Gasteiger partial charge in [0.15, 0.2) is 5.17 Å². The Morgan fingerprint density at radius 1 is 1.21 bits per heavy atom. The topological polar surface area (TPSA) is 82.9 Å². The number of carbonyl (C=O) groups is 2. The van der Waals surface area contributed by atoms with Gasteiger partial charge in [-0.05, 0) is 36.8 Å². The molecule has 1 heterocycles. The molecule has 0 saturated carbocycles. The van der Waals surface area contributed by atoms with E-state index >= 15 is 0 Å². The highest BCUT2D eigenvalue weighted by atomic mass is 35.5. The van der Waals surface area contributed by atoms with E-state index in [9.17, 15) is 9.59 Å². The molecular weight excluding hydrogens is 419 g/mol. The van der Waals surface area contributed by atoms with E-state index in [1.54, 1.807) is 18.2 Å². The number of aryl methyl sites for hydroxylation is 1. The number of hydrogen-bond donors (Lipinski definition) is 2. The number of hydrogen-bond acceptors (Lipinski definition) is 5. The van der Waals surface area contributed by atoms with Gasteiger partial charge < -0.3 is 10.6 Å². The van der Waals surface area contributed by atoms with Crippen molar-refractivity contribution >= 4 is 63.8 Å². The smallest absolute Gasteiger partial charge is 0.240 e. The maximum atomic E-state index is 12.2. The molecule has 144 valence electrons. The number of nitrogens with one attached hydrogen (secondary N) is 2. The Balaban J connectivity index is 1.55. The summed E-state index contributed by atoms with van der Waals surface area (Å²) in [6.07, 6.45) is 1.54. The van der Waals surface area contributed by atoms with Crippen molar-refractivity contribution in [2.24, 2.45) is 10.2 Å². The van der Waals surface area contributed by atoms with E-state index in [-0.39, 0.29) is 18.2 Å². The zero-order chi connectivity index (χ0) is 20.1.